The van der Waals surface area contributed by atoms with Crippen molar-refractivity contribution in [1.82, 2.24) is 4.57 Å². The summed E-state index contributed by atoms with van der Waals surface area (Å²) in [5.74, 6) is 0. The third-order valence-electron chi connectivity index (χ3n) is 1.94. The molecule has 0 fully saturated rings. The second-order valence-electron chi connectivity index (χ2n) is 3.11. The van der Waals surface area contributed by atoms with Gasteiger partial charge in [-0.2, -0.15) is 0 Å². The van der Waals surface area contributed by atoms with E-state index >= 15 is 0 Å². The maximum Gasteiger partial charge on any atom is 0.273 e. The van der Waals surface area contributed by atoms with Crippen molar-refractivity contribution in [2.24, 2.45) is 12.8 Å². The number of pyridine rings is 1. The zero-order valence-corrected chi connectivity index (χ0v) is 7.79. The van der Waals surface area contributed by atoms with Crippen molar-refractivity contribution in [3.8, 4) is 0 Å². The molecule has 1 aromatic heterocycles. The first-order chi connectivity index (χ1) is 6.15. The fourth-order valence-corrected chi connectivity index (χ4v) is 1.25. The molecule has 0 saturated carbocycles. The Kier molecular flexibility index (Phi) is 3.08. The smallest absolute Gasteiger partial charge is 0.273 e. The molecular weight excluding hydrogens is 166 g/mol. The van der Waals surface area contributed by atoms with E-state index in [9.17, 15) is 4.79 Å². The van der Waals surface area contributed by atoms with Crippen LogP contribution >= 0.6 is 0 Å². The highest BCUT2D eigenvalue weighted by Crippen LogP contribution is 2.03. The van der Waals surface area contributed by atoms with Gasteiger partial charge in [-0.25, -0.2) is 0 Å². The van der Waals surface area contributed by atoms with Crippen molar-refractivity contribution in [1.29, 1.82) is 0 Å². The van der Waals surface area contributed by atoms with Gasteiger partial charge in [0.2, 0.25) is 0 Å². The van der Waals surface area contributed by atoms with E-state index in [4.69, 9.17) is 11.5 Å². The molecule has 4 nitrogen and oxygen atoms in total. The molecule has 4 N–H and O–H groups in total. The van der Waals surface area contributed by atoms with E-state index in [1.165, 1.54) is 4.57 Å². The van der Waals surface area contributed by atoms with Gasteiger partial charge in [-0.05, 0) is 31.0 Å². The predicted octanol–water partition coefficient (Wildman–Crippen LogP) is -0.141. The van der Waals surface area contributed by atoms with Crippen molar-refractivity contribution >= 4 is 5.69 Å². The molecule has 0 aliphatic heterocycles. The van der Waals surface area contributed by atoms with Gasteiger partial charge in [-0.1, -0.05) is 0 Å². The van der Waals surface area contributed by atoms with Gasteiger partial charge in [0.05, 0.1) is 5.69 Å². The Morgan fingerprint density at radius 1 is 1.54 bits per heavy atom. The van der Waals surface area contributed by atoms with Gasteiger partial charge >= 0.3 is 0 Å². The lowest BCUT2D eigenvalue weighted by atomic mass is 10.1. The lowest BCUT2D eigenvalue weighted by Gasteiger charge is -2.04. The minimum atomic E-state index is -0.142. The number of nitrogens with two attached hydrogens (primary N) is 2. The van der Waals surface area contributed by atoms with Gasteiger partial charge in [-0.3, -0.25) is 4.79 Å². The third-order valence-corrected chi connectivity index (χ3v) is 1.94. The van der Waals surface area contributed by atoms with Crippen molar-refractivity contribution in [2.75, 3.05) is 12.3 Å². The highest BCUT2D eigenvalue weighted by atomic mass is 16.1. The standard InChI is InChI=1S/C9H15N3O/c1-12-6-7(3-2-4-10)5-8(11)9(12)13/h5-6H,2-4,10-11H2,1H3. The van der Waals surface area contributed by atoms with Crippen molar-refractivity contribution in [3.05, 3.63) is 28.2 Å². The van der Waals surface area contributed by atoms with Crippen molar-refractivity contribution in [3.63, 3.8) is 0 Å². The van der Waals surface area contributed by atoms with Gasteiger partial charge in [-0.15, -0.1) is 0 Å². The fraction of sp³-hybridized carbons (Fsp3) is 0.444. The number of nitrogen functional groups attached to an aromatic ring is 1. The molecule has 0 unspecified atom stereocenters. The molecule has 0 aliphatic rings. The Bertz CT molecular complexity index is 317. The van der Waals surface area contributed by atoms with Crippen LogP contribution in [0.15, 0.2) is 17.1 Å². The maximum absolute atomic E-state index is 11.2. The minimum Gasteiger partial charge on any atom is -0.394 e. The normalized spacial score (nSPS) is 10.3. The topological polar surface area (TPSA) is 74.0 Å². The van der Waals surface area contributed by atoms with Gasteiger partial charge in [0.1, 0.15) is 0 Å². The van der Waals surface area contributed by atoms with Crippen LogP contribution in [0, 0.1) is 0 Å². The van der Waals surface area contributed by atoms with E-state index in [0.717, 1.165) is 18.4 Å². The molecule has 72 valence electrons. The van der Waals surface area contributed by atoms with E-state index < -0.39 is 0 Å². The van der Waals surface area contributed by atoms with Crippen LogP contribution < -0.4 is 17.0 Å². The SMILES string of the molecule is Cn1cc(CCCN)cc(N)c1=O. The van der Waals surface area contributed by atoms with Crippen LogP contribution in [-0.4, -0.2) is 11.1 Å². The molecule has 0 bridgehead atoms. The van der Waals surface area contributed by atoms with Crippen LogP contribution in [0.2, 0.25) is 0 Å². The molecule has 0 aromatic carbocycles. The van der Waals surface area contributed by atoms with Crippen LogP contribution in [0.25, 0.3) is 0 Å². The van der Waals surface area contributed by atoms with Gasteiger partial charge in [0, 0.05) is 13.2 Å². The number of nitrogens with zero attached hydrogens (tertiary/aromatic N) is 1. The van der Waals surface area contributed by atoms with Crippen LogP contribution in [-0.2, 0) is 13.5 Å². The summed E-state index contributed by atoms with van der Waals surface area (Å²) in [6, 6.07) is 1.72. The van der Waals surface area contributed by atoms with Crippen LogP contribution in [0.1, 0.15) is 12.0 Å². The molecule has 1 heterocycles. The van der Waals surface area contributed by atoms with Crippen molar-refractivity contribution < 1.29 is 0 Å². The van der Waals surface area contributed by atoms with E-state index in [1.807, 2.05) is 0 Å². The average molecular weight is 181 g/mol. The number of aryl methyl sites for hydroxylation is 2. The highest BCUT2D eigenvalue weighted by molar-refractivity contribution is 5.37. The molecule has 0 saturated heterocycles. The second-order valence-corrected chi connectivity index (χ2v) is 3.11. The van der Waals surface area contributed by atoms with Crippen molar-refractivity contribution in [2.45, 2.75) is 12.8 Å². The van der Waals surface area contributed by atoms with E-state index in [-0.39, 0.29) is 5.56 Å². The second kappa shape index (κ2) is 4.09. The maximum atomic E-state index is 11.2. The van der Waals surface area contributed by atoms with Gasteiger partial charge in [0.25, 0.3) is 5.56 Å². The summed E-state index contributed by atoms with van der Waals surface area (Å²) in [5.41, 5.74) is 12.1. The van der Waals surface area contributed by atoms with Gasteiger partial charge in [0.15, 0.2) is 0 Å². The lowest BCUT2D eigenvalue weighted by Crippen LogP contribution is -2.20. The molecule has 13 heavy (non-hydrogen) atoms. The molecular formula is C9H15N3O. The Labute approximate surface area is 77.2 Å². The summed E-state index contributed by atoms with van der Waals surface area (Å²) in [6.07, 6.45) is 3.58. The molecule has 0 spiro atoms. The summed E-state index contributed by atoms with van der Waals surface area (Å²) in [4.78, 5) is 11.2. The molecule has 0 radical (unpaired) electrons. The van der Waals surface area contributed by atoms with Crippen LogP contribution in [0.5, 0.6) is 0 Å². The zero-order valence-electron chi connectivity index (χ0n) is 7.79. The lowest BCUT2D eigenvalue weighted by molar-refractivity contribution is 0.796. The number of aromatic nitrogens is 1. The first-order valence-corrected chi connectivity index (χ1v) is 4.30. The average Bonchev–Trinajstić information content (AvgIpc) is 2.10. The number of hydrogen-bond donors (Lipinski definition) is 2. The Balaban J connectivity index is 2.93. The molecule has 1 aromatic rings. The molecule has 0 aliphatic carbocycles. The fourth-order valence-electron chi connectivity index (χ4n) is 1.25. The minimum absolute atomic E-state index is 0.142. The van der Waals surface area contributed by atoms with Crippen LogP contribution in [0.3, 0.4) is 0 Å². The van der Waals surface area contributed by atoms with E-state index in [2.05, 4.69) is 0 Å². The van der Waals surface area contributed by atoms with E-state index in [1.54, 1.807) is 19.3 Å². The Hall–Kier alpha value is -1.29. The zero-order chi connectivity index (χ0) is 9.84. The predicted molar refractivity (Wildman–Crippen MR) is 53.5 cm³/mol. The van der Waals surface area contributed by atoms with Crippen LogP contribution in [0.4, 0.5) is 5.69 Å². The third kappa shape index (κ3) is 2.32. The first kappa shape index (κ1) is 9.80. The first-order valence-electron chi connectivity index (χ1n) is 4.30. The summed E-state index contributed by atoms with van der Waals surface area (Å²) in [6.45, 7) is 0.656. The Morgan fingerprint density at radius 3 is 2.77 bits per heavy atom. The summed E-state index contributed by atoms with van der Waals surface area (Å²) < 4.78 is 1.50. The molecule has 4 heteroatoms. The highest BCUT2D eigenvalue weighted by Gasteiger charge is 2.00. The number of anilines is 1. The summed E-state index contributed by atoms with van der Waals surface area (Å²) in [7, 11) is 1.70. The molecule has 1 rings (SSSR count). The summed E-state index contributed by atoms with van der Waals surface area (Å²) >= 11 is 0. The molecule has 0 atom stereocenters. The Morgan fingerprint density at radius 2 is 2.23 bits per heavy atom. The monoisotopic (exact) mass is 181 g/mol. The van der Waals surface area contributed by atoms with E-state index in [0.29, 0.717) is 12.2 Å². The van der Waals surface area contributed by atoms with Gasteiger partial charge < -0.3 is 16.0 Å². The largest absolute Gasteiger partial charge is 0.394 e. The quantitative estimate of drug-likeness (QED) is 0.681. The summed E-state index contributed by atoms with van der Waals surface area (Å²) in [5, 5.41) is 0. The number of hydrogen-bond acceptors (Lipinski definition) is 3. The number of rotatable bonds is 3. The molecule has 0 amide bonds.